The number of halogens is 1. The van der Waals surface area contributed by atoms with Crippen LogP contribution in [0.5, 0.6) is 11.5 Å². The third kappa shape index (κ3) is 8.03. The van der Waals surface area contributed by atoms with Gasteiger partial charge in [0.1, 0.15) is 0 Å². The van der Waals surface area contributed by atoms with Gasteiger partial charge < -0.3 is 25.2 Å². The lowest BCUT2D eigenvalue weighted by Crippen LogP contribution is -2.38. The number of nitrogens with zero attached hydrogens (tertiary/aromatic N) is 1. The number of ether oxygens (including phenoxy) is 2. The van der Waals surface area contributed by atoms with Crippen molar-refractivity contribution in [2.45, 2.75) is 51.6 Å². The fraction of sp³-hybridized carbons (Fsp3) is 0.667. The number of benzene rings is 1. The Morgan fingerprint density at radius 1 is 1.18 bits per heavy atom. The van der Waals surface area contributed by atoms with Crippen molar-refractivity contribution in [2.24, 2.45) is 10.9 Å². The Kier molecular flexibility index (Phi) is 12.3. The summed E-state index contributed by atoms with van der Waals surface area (Å²) in [5.41, 5.74) is 0.758. The van der Waals surface area contributed by atoms with Crippen LogP contribution in [-0.4, -0.2) is 44.9 Å². The minimum atomic E-state index is -0.696. The van der Waals surface area contributed by atoms with Crippen LogP contribution in [0.4, 0.5) is 0 Å². The van der Waals surface area contributed by atoms with Gasteiger partial charge in [0.05, 0.1) is 26.9 Å². The predicted octanol–water partition coefficient (Wildman–Crippen LogP) is 3.88. The van der Waals surface area contributed by atoms with Crippen LogP contribution in [0.2, 0.25) is 0 Å². The fourth-order valence-electron chi connectivity index (χ4n) is 3.58. The quantitative estimate of drug-likeness (QED) is 0.195. The zero-order valence-corrected chi connectivity index (χ0v) is 19.7. The van der Waals surface area contributed by atoms with Crippen LogP contribution in [0.25, 0.3) is 0 Å². The summed E-state index contributed by atoms with van der Waals surface area (Å²) in [6.45, 7) is 4.03. The van der Waals surface area contributed by atoms with Gasteiger partial charge in [0, 0.05) is 13.1 Å². The van der Waals surface area contributed by atoms with Crippen molar-refractivity contribution < 1.29 is 14.6 Å². The van der Waals surface area contributed by atoms with Crippen LogP contribution in [-0.2, 0) is 0 Å². The molecular formula is C21H36IN3O3. The smallest absolute Gasteiger partial charge is 0.191 e. The summed E-state index contributed by atoms with van der Waals surface area (Å²) in [5.74, 6) is 2.92. The maximum absolute atomic E-state index is 10.5. The number of rotatable bonds is 10. The third-order valence-corrected chi connectivity index (χ3v) is 5.12. The van der Waals surface area contributed by atoms with Gasteiger partial charge in [0.25, 0.3) is 0 Å². The molecule has 1 aromatic carbocycles. The standard InChI is InChI=1S/C21H35N3O3.HI/c1-4-22-21(23-13-7-10-16-8-5-6-9-16)24-15-18(25)17-11-12-19(26-2)20(14-17)27-3;/h11-12,14,16,18,25H,4-10,13,15H2,1-3H3,(H2,22,23,24);1H. The summed E-state index contributed by atoms with van der Waals surface area (Å²) in [7, 11) is 3.18. The summed E-state index contributed by atoms with van der Waals surface area (Å²) >= 11 is 0. The number of hydrogen-bond acceptors (Lipinski definition) is 4. The van der Waals surface area contributed by atoms with Gasteiger partial charge in [-0.15, -0.1) is 24.0 Å². The molecule has 1 aliphatic rings. The van der Waals surface area contributed by atoms with E-state index in [4.69, 9.17) is 9.47 Å². The van der Waals surface area contributed by atoms with E-state index in [1.54, 1.807) is 26.4 Å². The summed E-state index contributed by atoms with van der Waals surface area (Å²) in [6.07, 6.45) is 7.34. The molecule has 0 spiro atoms. The lowest BCUT2D eigenvalue weighted by Gasteiger charge is -2.15. The van der Waals surface area contributed by atoms with Crippen LogP contribution < -0.4 is 20.1 Å². The van der Waals surface area contributed by atoms with Crippen LogP contribution in [0.3, 0.4) is 0 Å². The molecule has 0 aromatic heterocycles. The zero-order chi connectivity index (χ0) is 19.5. The maximum Gasteiger partial charge on any atom is 0.191 e. The van der Waals surface area contributed by atoms with Crippen LogP contribution in [0, 0.1) is 5.92 Å². The van der Waals surface area contributed by atoms with Crippen molar-refractivity contribution in [3.8, 4) is 11.5 Å². The Bertz CT molecular complexity index is 592. The highest BCUT2D eigenvalue weighted by Crippen LogP contribution is 2.30. The van der Waals surface area contributed by atoms with Gasteiger partial charge in [-0.1, -0.05) is 31.7 Å². The van der Waals surface area contributed by atoms with Crippen LogP contribution in [0.1, 0.15) is 57.1 Å². The van der Waals surface area contributed by atoms with Crippen molar-refractivity contribution in [2.75, 3.05) is 33.9 Å². The Morgan fingerprint density at radius 2 is 1.89 bits per heavy atom. The van der Waals surface area contributed by atoms with E-state index in [1.807, 2.05) is 13.0 Å². The van der Waals surface area contributed by atoms with Crippen molar-refractivity contribution >= 4 is 29.9 Å². The van der Waals surface area contributed by atoms with E-state index in [0.29, 0.717) is 11.5 Å². The second kappa shape index (κ2) is 13.9. The Labute approximate surface area is 186 Å². The van der Waals surface area contributed by atoms with E-state index in [2.05, 4.69) is 15.6 Å². The molecule has 0 heterocycles. The van der Waals surface area contributed by atoms with Gasteiger partial charge in [-0.05, 0) is 43.4 Å². The van der Waals surface area contributed by atoms with Gasteiger partial charge >= 0.3 is 0 Å². The van der Waals surface area contributed by atoms with E-state index in [1.165, 1.54) is 32.1 Å². The molecule has 1 saturated carbocycles. The first-order valence-electron chi connectivity index (χ1n) is 10.1. The monoisotopic (exact) mass is 505 g/mol. The van der Waals surface area contributed by atoms with E-state index >= 15 is 0 Å². The lowest BCUT2D eigenvalue weighted by atomic mass is 10.0. The van der Waals surface area contributed by atoms with Crippen molar-refractivity contribution in [3.05, 3.63) is 23.8 Å². The molecule has 0 radical (unpaired) electrons. The Balaban J connectivity index is 0.00000392. The number of methoxy groups -OCH3 is 2. The zero-order valence-electron chi connectivity index (χ0n) is 17.4. The van der Waals surface area contributed by atoms with E-state index in [-0.39, 0.29) is 30.5 Å². The molecule has 1 fully saturated rings. The summed E-state index contributed by atoms with van der Waals surface area (Å²) in [6, 6.07) is 5.43. The van der Waals surface area contributed by atoms with Gasteiger partial charge in [-0.3, -0.25) is 4.99 Å². The van der Waals surface area contributed by atoms with Crippen LogP contribution in [0.15, 0.2) is 23.2 Å². The van der Waals surface area contributed by atoms with Crippen molar-refractivity contribution in [1.29, 1.82) is 0 Å². The Morgan fingerprint density at radius 3 is 2.54 bits per heavy atom. The molecule has 1 aliphatic carbocycles. The van der Waals surface area contributed by atoms with E-state index in [9.17, 15) is 5.11 Å². The summed E-state index contributed by atoms with van der Waals surface area (Å²) < 4.78 is 10.5. The van der Waals surface area contributed by atoms with Gasteiger partial charge in [-0.25, -0.2) is 0 Å². The molecular weight excluding hydrogens is 469 g/mol. The molecule has 28 heavy (non-hydrogen) atoms. The number of guanidine groups is 1. The lowest BCUT2D eigenvalue weighted by molar-refractivity contribution is 0.186. The number of hydrogen-bond donors (Lipinski definition) is 3. The summed E-state index contributed by atoms with van der Waals surface area (Å²) in [4.78, 5) is 4.53. The molecule has 0 amide bonds. The molecule has 7 heteroatoms. The average Bonchev–Trinajstić information content (AvgIpc) is 3.21. The average molecular weight is 505 g/mol. The highest BCUT2D eigenvalue weighted by Gasteiger charge is 2.14. The van der Waals surface area contributed by atoms with Crippen molar-refractivity contribution in [3.63, 3.8) is 0 Å². The molecule has 1 atom stereocenters. The predicted molar refractivity (Wildman–Crippen MR) is 125 cm³/mol. The maximum atomic E-state index is 10.5. The molecule has 0 aliphatic heterocycles. The second-order valence-corrected chi connectivity index (χ2v) is 7.07. The molecule has 1 unspecified atom stereocenters. The van der Waals surface area contributed by atoms with Crippen molar-refractivity contribution in [1.82, 2.24) is 10.6 Å². The largest absolute Gasteiger partial charge is 0.493 e. The van der Waals surface area contributed by atoms with E-state index < -0.39 is 6.10 Å². The minimum absolute atomic E-state index is 0. The Hall–Kier alpha value is -1.22. The number of aliphatic hydroxyl groups excluding tert-OH is 1. The molecule has 1 aromatic rings. The first-order valence-corrected chi connectivity index (χ1v) is 10.1. The highest BCUT2D eigenvalue weighted by molar-refractivity contribution is 14.0. The van der Waals surface area contributed by atoms with Crippen LogP contribution >= 0.6 is 24.0 Å². The highest BCUT2D eigenvalue weighted by atomic mass is 127. The number of aliphatic hydroxyl groups is 1. The van der Waals surface area contributed by atoms with Gasteiger partial charge in [0.2, 0.25) is 0 Å². The first kappa shape index (κ1) is 24.8. The first-order chi connectivity index (χ1) is 13.2. The third-order valence-electron chi connectivity index (χ3n) is 5.12. The van der Waals surface area contributed by atoms with E-state index in [0.717, 1.165) is 37.0 Å². The number of aliphatic imine (C=N–C) groups is 1. The normalized spacial score (nSPS) is 15.6. The van der Waals surface area contributed by atoms with Gasteiger partial charge in [0.15, 0.2) is 17.5 Å². The SMILES string of the molecule is CCNC(=NCC(O)c1ccc(OC)c(OC)c1)NCCCC1CCCC1.I. The number of nitrogens with one attached hydrogen (secondary N) is 2. The molecule has 160 valence electrons. The summed E-state index contributed by atoms with van der Waals surface area (Å²) in [5, 5.41) is 17.1. The molecule has 0 bridgehead atoms. The second-order valence-electron chi connectivity index (χ2n) is 7.07. The van der Waals surface area contributed by atoms with Gasteiger partial charge in [-0.2, -0.15) is 0 Å². The molecule has 6 nitrogen and oxygen atoms in total. The topological polar surface area (TPSA) is 75.1 Å². The molecule has 3 N–H and O–H groups in total. The fourth-order valence-corrected chi connectivity index (χ4v) is 3.58. The minimum Gasteiger partial charge on any atom is -0.493 e. The molecule has 2 rings (SSSR count). The molecule has 0 saturated heterocycles.